The number of halogens is 2. The van der Waals surface area contributed by atoms with E-state index in [9.17, 15) is 9.59 Å². The number of rotatable bonds is 6. The van der Waals surface area contributed by atoms with Crippen LogP contribution in [0.2, 0.25) is 10.0 Å². The number of nitrogens with one attached hydrogen (secondary N) is 2. The fraction of sp³-hybridized carbons (Fsp3) is 0.0741. The first-order chi connectivity index (χ1) is 16.9. The minimum atomic E-state index is -0.881. The Balaban J connectivity index is 1.41. The van der Waals surface area contributed by atoms with E-state index in [1.54, 1.807) is 30.3 Å². The molecule has 35 heavy (non-hydrogen) atoms. The molecule has 2 aromatic heterocycles. The average molecular weight is 504 g/mol. The van der Waals surface area contributed by atoms with Gasteiger partial charge in [0, 0.05) is 39.5 Å². The molecule has 0 unspecified atom stereocenters. The zero-order chi connectivity index (χ0) is 24.5. The smallest absolute Gasteiger partial charge is 0.303 e. The summed E-state index contributed by atoms with van der Waals surface area (Å²) in [5, 5.41) is 14.5. The largest absolute Gasteiger partial charge is 0.481 e. The van der Waals surface area contributed by atoms with Crippen molar-refractivity contribution in [3.05, 3.63) is 94.0 Å². The number of pyridine rings is 1. The molecule has 8 heteroatoms. The fourth-order valence-electron chi connectivity index (χ4n) is 4.01. The van der Waals surface area contributed by atoms with Gasteiger partial charge in [-0.2, -0.15) is 0 Å². The molecule has 5 aromatic rings. The Bertz CT molecular complexity index is 1590. The number of H-pyrrole nitrogens is 1. The van der Waals surface area contributed by atoms with Gasteiger partial charge in [0.05, 0.1) is 15.6 Å². The van der Waals surface area contributed by atoms with E-state index < -0.39 is 5.97 Å². The summed E-state index contributed by atoms with van der Waals surface area (Å²) in [4.78, 5) is 31.5. The van der Waals surface area contributed by atoms with Crippen molar-refractivity contribution in [1.82, 2.24) is 9.97 Å². The van der Waals surface area contributed by atoms with Gasteiger partial charge in [-0.3, -0.25) is 9.59 Å². The van der Waals surface area contributed by atoms with Crippen molar-refractivity contribution >= 4 is 62.7 Å². The molecule has 5 rings (SSSR count). The van der Waals surface area contributed by atoms with E-state index in [2.05, 4.69) is 15.3 Å². The molecule has 3 aromatic carbocycles. The summed E-state index contributed by atoms with van der Waals surface area (Å²) in [6, 6.07) is 22.1. The van der Waals surface area contributed by atoms with Gasteiger partial charge < -0.3 is 15.4 Å². The lowest BCUT2D eigenvalue weighted by Crippen LogP contribution is -2.12. The normalized spacial score (nSPS) is 11.1. The molecule has 0 bridgehead atoms. The van der Waals surface area contributed by atoms with Crippen LogP contribution < -0.4 is 5.32 Å². The average Bonchev–Trinajstić information content (AvgIpc) is 3.25. The number of fused-ring (bicyclic) bond motifs is 2. The molecule has 0 saturated carbocycles. The number of benzene rings is 3. The van der Waals surface area contributed by atoms with Crippen LogP contribution in [0.15, 0.2) is 72.8 Å². The van der Waals surface area contributed by atoms with Gasteiger partial charge in [-0.25, -0.2) is 4.98 Å². The first kappa shape index (κ1) is 22.9. The number of aromatic amines is 1. The fourth-order valence-corrected chi connectivity index (χ4v) is 4.74. The number of hydrogen-bond acceptors (Lipinski definition) is 3. The summed E-state index contributed by atoms with van der Waals surface area (Å²) < 4.78 is 0. The number of carbonyl (C=O) groups excluding carboxylic acids is 1. The zero-order valence-corrected chi connectivity index (χ0v) is 19.8. The van der Waals surface area contributed by atoms with E-state index in [0.29, 0.717) is 39.1 Å². The molecule has 0 fully saturated rings. The summed E-state index contributed by atoms with van der Waals surface area (Å²) in [6.07, 6.45) is 0.338. The number of amides is 1. The van der Waals surface area contributed by atoms with E-state index in [1.807, 2.05) is 42.5 Å². The Morgan fingerprint density at radius 2 is 1.66 bits per heavy atom. The molecule has 0 aliphatic rings. The van der Waals surface area contributed by atoms with Gasteiger partial charge in [-0.1, -0.05) is 47.5 Å². The number of carboxylic acid groups (broad SMARTS) is 1. The number of aryl methyl sites for hydroxylation is 1. The second-order valence-electron chi connectivity index (χ2n) is 8.16. The van der Waals surface area contributed by atoms with Crippen LogP contribution in [0, 0.1) is 0 Å². The number of anilines is 1. The predicted molar refractivity (Wildman–Crippen MR) is 139 cm³/mol. The molecule has 0 atom stereocenters. The molecule has 0 aliphatic carbocycles. The Hall–Kier alpha value is -3.87. The van der Waals surface area contributed by atoms with Crippen LogP contribution in [0.4, 0.5) is 5.82 Å². The molecule has 1 amide bonds. The molecule has 3 N–H and O–H groups in total. The molecule has 0 spiro atoms. The van der Waals surface area contributed by atoms with E-state index in [4.69, 9.17) is 28.3 Å². The van der Waals surface area contributed by atoms with Crippen LogP contribution >= 0.6 is 23.2 Å². The van der Waals surface area contributed by atoms with Gasteiger partial charge in [0.2, 0.25) is 0 Å². The number of hydrogen-bond donors (Lipinski definition) is 3. The van der Waals surface area contributed by atoms with Crippen LogP contribution in [0.1, 0.15) is 22.3 Å². The maximum Gasteiger partial charge on any atom is 0.303 e. The van der Waals surface area contributed by atoms with Gasteiger partial charge in [0.25, 0.3) is 5.91 Å². The highest BCUT2D eigenvalue weighted by molar-refractivity contribution is 6.39. The van der Waals surface area contributed by atoms with Crippen LogP contribution in [0.3, 0.4) is 0 Å². The number of aromatic nitrogens is 2. The minimum absolute atomic E-state index is 0.00203. The predicted octanol–water partition coefficient (Wildman–Crippen LogP) is 6.96. The zero-order valence-electron chi connectivity index (χ0n) is 18.3. The standard InChI is InChI=1S/C27H19Cl2N3O3/c28-19-11-15(5-10-25(33)34)12-20(29)26(19)23-13-17-6-7-18(14-22(17)30-23)27(35)32-24-9-8-16-3-1-2-4-21(16)31-24/h1-4,6-9,11-14,30H,5,10H2,(H,33,34)(H,31,32,35). The van der Waals surface area contributed by atoms with E-state index >= 15 is 0 Å². The summed E-state index contributed by atoms with van der Waals surface area (Å²) in [6.45, 7) is 0. The SMILES string of the molecule is O=C(O)CCc1cc(Cl)c(-c2cc3ccc(C(=O)Nc4ccc5ccccc5n4)cc3[nH]2)c(Cl)c1. The van der Waals surface area contributed by atoms with Crippen molar-refractivity contribution in [3.63, 3.8) is 0 Å². The molecule has 0 saturated heterocycles. The van der Waals surface area contributed by atoms with Gasteiger partial charge in [-0.05, 0) is 60.5 Å². The number of carboxylic acids is 1. The topological polar surface area (TPSA) is 95.1 Å². The Morgan fingerprint density at radius 1 is 0.914 bits per heavy atom. The van der Waals surface area contributed by atoms with Crippen molar-refractivity contribution in [3.8, 4) is 11.3 Å². The third-order valence-corrected chi connectivity index (χ3v) is 6.32. The van der Waals surface area contributed by atoms with Crippen LogP contribution in [0.25, 0.3) is 33.1 Å². The third kappa shape index (κ3) is 4.85. The molecular formula is C27H19Cl2N3O3. The third-order valence-electron chi connectivity index (χ3n) is 5.72. The molecule has 174 valence electrons. The highest BCUT2D eigenvalue weighted by atomic mass is 35.5. The molecule has 6 nitrogen and oxygen atoms in total. The Kier molecular flexibility index (Phi) is 6.16. The van der Waals surface area contributed by atoms with Crippen LogP contribution in [-0.4, -0.2) is 27.0 Å². The quantitative estimate of drug-likeness (QED) is 0.233. The van der Waals surface area contributed by atoms with Crippen molar-refractivity contribution in [2.45, 2.75) is 12.8 Å². The second kappa shape index (κ2) is 9.41. The van der Waals surface area contributed by atoms with Gasteiger partial charge in [0.1, 0.15) is 5.82 Å². The monoisotopic (exact) mass is 503 g/mol. The molecule has 2 heterocycles. The highest BCUT2D eigenvalue weighted by Gasteiger charge is 2.15. The van der Waals surface area contributed by atoms with Gasteiger partial charge >= 0.3 is 5.97 Å². The Morgan fingerprint density at radius 3 is 2.43 bits per heavy atom. The maximum atomic E-state index is 12.9. The number of carbonyl (C=O) groups is 2. The Labute approximate surface area is 210 Å². The van der Waals surface area contributed by atoms with Gasteiger partial charge in [-0.15, -0.1) is 0 Å². The van der Waals surface area contributed by atoms with Crippen LogP contribution in [-0.2, 0) is 11.2 Å². The van der Waals surface area contributed by atoms with E-state index in [0.717, 1.165) is 27.4 Å². The van der Waals surface area contributed by atoms with Gasteiger partial charge in [0.15, 0.2) is 0 Å². The van der Waals surface area contributed by atoms with Crippen molar-refractivity contribution in [2.75, 3.05) is 5.32 Å². The summed E-state index contributed by atoms with van der Waals surface area (Å²) >= 11 is 13.0. The molecule has 0 aliphatic heterocycles. The number of nitrogens with zero attached hydrogens (tertiary/aromatic N) is 1. The van der Waals surface area contributed by atoms with E-state index in [-0.39, 0.29) is 12.3 Å². The maximum absolute atomic E-state index is 12.9. The van der Waals surface area contributed by atoms with E-state index in [1.165, 1.54) is 0 Å². The lowest BCUT2D eigenvalue weighted by molar-refractivity contribution is -0.136. The van der Waals surface area contributed by atoms with Crippen molar-refractivity contribution in [2.24, 2.45) is 0 Å². The first-order valence-corrected chi connectivity index (χ1v) is 11.6. The van der Waals surface area contributed by atoms with Crippen molar-refractivity contribution in [1.29, 1.82) is 0 Å². The molecular weight excluding hydrogens is 485 g/mol. The number of para-hydroxylation sites is 1. The van der Waals surface area contributed by atoms with Crippen LogP contribution in [0.5, 0.6) is 0 Å². The highest BCUT2D eigenvalue weighted by Crippen LogP contribution is 2.37. The summed E-state index contributed by atoms with van der Waals surface area (Å²) in [5.74, 6) is -0.680. The lowest BCUT2D eigenvalue weighted by atomic mass is 10.0. The summed E-state index contributed by atoms with van der Waals surface area (Å²) in [5.41, 5.74) is 4.10. The number of aliphatic carboxylic acids is 1. The lowest BCUT2D eigenvalue weighted by Gasteiger charge is -2.08. The first-order valence-electron chi connectivity index (χ1n) is 10.9. The minimum Gasteiger partial charge on any atom is -0.481 e. The second-order valence-corrected chi connectivity index (χ2v) is 8.97. The molecule has 0 radical (unpaired) electrons. The summed E-state index contributed by atoms with van der Waals surface area (Å²) in [7, 11) is 0. The van der Waals surface area contributed by atoms with Crippen molar-refractivity contribution < 1.29 is 14.7 Å².